The van der Waals surface area contributed by atoms with Crippen molar-refractivity contribution in [3.8, 4) is 0 Å². The Kier molecular flexibility index (Phi) is 2.89. The molecule has 1 N–H and O–H groups in total. The minimum atomic E-state index is 0.118. The van der Waals surface area contributed by atoms with Crippen molar-refractivity contribution in [1.82, 2.24) is 0 Å². The minimum absolute atomic E-state index is 0.118. The molecule has 0 amide bonds. The Labute approximate surface area is 65.0 Å². The van der Waals surface area contributed by atoms with Crippen LogP contribution in [0.25, 0.3) is 0 Å². The molecule has 60 valence electrons. The van der Waals surface area contributed by atoms with Gasteiger partial charge in [0.2, 0.25) is 0 Å². The van der Waals surface area contributed by atoms with Gasteiger partial charge in [-0.05, 0) is 25.7 Å². The van der Waals surface area contributed by atoms with Crippen LogP contribution >= 0.6 is 0 Å². The number of aliphatic hydroxyl groups excluding tert-OH is 1. The van der Waals surface area contributed by atoms with Crippen LogP contribution in [-0.4, -0.2) is 33.8 Å². The zero-order valence-corrected chi connectivity index (χ0v) is 8.60. The average molecular weight is 160 g/mol. The Morgan fingerprint density at radius 1 is 1.50 bits per heavy atom. The van der Waals surface area contributed by atoms with E-state index in [9.17, 15) is 0 Å². The Bertz CT molecular complexity index is 94.3. The zero-order valence-electron chi connectivity index (χ0n) is 6.60. The van der Waals surface area contributed by atoms with E-state index < -0.39 is 0 Å². The summed E-state index contributed by atoms with van der Waals surface area (Å²) in [7, 11) is 1.06. The van der Waals surface area contributed by atoms with Crippen molar-refractivity contribution in [2.75, 3.05) is 13.2 Å². The first-order valence-corrected chi connectivity index (χ1v) is 5.02. The second kappa shape index (κ2) is 3.51. The molecule has 1 heterocycles. The second-order valence-electron chi connectivity index (χ2n) is 3.23. The van der Waals surface area contributed by atoms with Crippen LogP contribution in [0.5, 0.6) is 0 Å². The molecule has 0 aromatic rings. The highest BCUT2D eigenvalue weighted by Gasteiger charge is 2.26. The normalized spacial score (nSPS) is 34.5. The van der Waals surface area contributed by atoms with Gasteiger partial charge in [0.1, 0.15) is 0 Å². The summed E-state index contributed by atoms with van der Waals surface area (Å²) in [6.45, 7) is 1.19. The van der Waals surface area contributed by atoms with Gasteiger partial charge in [0.05, 0.1) is 5.22 Å². The molecule has 0 aromatic heterocycles. The largest absolute Gasteiger partial charge is 0.396 e. The third kappa shape index (κ3) is 2.07. The first-order chi connectivity index (χ1) is 4.77. The Balaban J connectivity index is 2.32. The summed E-state index contributed by atoms with van der Waals surface area (Å²) < 4.78 is 5.61. The summed E-state index contributed by atoms with van der Waals surface area (Å²) in [6.07, 6.45) is 4.50. The SMILES string of the molecule is OCCC1([SiH3])CCCCO1. The maximum Gasteiger partial charge on any atom is 0.0507 e. The maximum atomic E-state index is 8.73. The van der Waals surface area contributed by atoms with E-state index in [0.717, 1.165) is 23.3 Å². The molecule has 0 spiro atoms. The highest BCUT2D eigenvalue weighted by Crippen LogP contribution is 2.24. The molecule has 3 heteroatoms. The number of rotatable bonds is 2. The van der Waals surface area contributed by atoms with Crippen LogP contribution < -0.4 is 0 Å². The molecule has 0 bridgehead atoms. The summed E-state index contributed by atoms with van der Waals surface area (Å²) in [4.78, 5) is 0. The van der Waals surface area contributed by atoms with Crippen LogP contribution in [0.3, 0.4) is 0 Å². The van der Waals surface area contributed by atoms with E-state index in [1.807, 2.05) is 0 Å². The van der Waals surface area contributed by atoms with E-state index in [1.54, 1.807) is 0 Å². The molecule has 0 aliphatic carbocycles. The fourth-order valence-electron chi connectivity index (χ4n) is 1.43. The third-order valence-electron chi connectivity index (χ3n) is 2.19. The summed E-state index contributed by atoms with van der Waals surface area (Å²) in [5, 5.41) is 8.84. The lowest BCUT2D eigenvalue weighted by molar-refractivity contribution is -0.0307. The molecule has 1 rings (SSSR count). The van der Waals surface area contributed by atoms with Crippen LogP contribution in [-0.2, 0) is 4.74 Å². The Morgan fingerprint density at radius 2 is 2.30 bits per heavy atom. The molecule has 0 saturated carbocycles. The molecular formula is C7H16O2Si. The van der Waals surface area contributed by atoms with Gasteiger partial charge in [-0.3, -0.25) is 0 Å². The maximum absolute atomic E-state index is 8.73. The number of hydrogen-bond acceptors (Lipinski definition) is 2. The minimum Gasteiger partial charge on any atom is -0.396 e. The quantitative estimate of drug-likeness (QED) is 0.559. The van der Waals surface area contributed by atoms with Crippen LogP contribution in [0.4, 0.5) is 0 Å². The molecular weight excluding hydrogens is 144 g/mol. The lowest BCUT2D eigenvalue weighted by Crippen LogP contribution is -2.37. The van der Waals surface area contributed by atoms with Crippen LogP contribution in [0.1, 0.15) is 25.7 Å². The van der Waals surface area contributed by atoms with E-state index in [0.29, 0.717) is 0 Å². The van der Waals surface area contributed by atoms with E-state index in [2.05, 4.69) is 0 Å². The summed E-state index contributed by atoms with van der Waals surface area (Å²) >= 11 is 0. The van der Waals surface area contributed by atoms with Gasteiger partial charge >= 0.3 is 0 Å². The van der Waals surface area contributed by atoms with Crippen molar-refractivity contribution < 1.29 is 9.84 Å². The monoisotopic (exact) mass is 160 g/mol. The standard InChI is InChI=1S/C7H16O2Si/c8-5-4-7(10)3-1-2-6-9-7/h8H,1-6H2,10H3. The molecule has 1 atom stereocenters. The Hall–Kier alpha value is 0.137. The van der Waals surface area contributed by atoms with E-state index in [1.165, 1.54) is 19.3 Å². The first-order valence-electron chi connectivity index (χ1n) is 4.02. The van der Waals surface area contributed by atoms with Gasteiger partial charge in [-0.2, -0.15) is 0 Å². The molecule has 1 unspecified atom stereocenters. The van der Waals surface area contributed by atoms with Gasteiger partial charge in [-0.1, -0.05) is 0 Å². The molecule has 0 radical (unpaired) electrons. The van der Waals surface area contributed by atoms with Crippen LogP contribution in [0.2, 0.25) is 0 Å². The van der Waals surface area contributed by atoms with Crippen molar-refractivity contribution in [2.24, 2.45) is 0 Å². The topological polar surface area (TPSA) is 29.5 Å². The second-order valence-corrected chi connectivity index (χ2v) is 5.05. The number of hydrogen-bond donors (Lipinski definition) is 1. The molecule has 10 heavy (non-hydrogen) atoms. The fourth-order valence-corrected chi connectivity index (χ4v) is 2.21. The van der Waals surface area contributed by atoms with Crippen molar-refractivity contribution >= 4 is 10.2 Å². The predicted molar refractivity (Wildman–Crippen MR) is 44.2 cm³/mol. The molecule has 1 fully saturated rings. The van der Waals surface area contributed by atoms with E-state index >= 15 is 0 Å². The average Bonchev–Trinajstić information content (AvgIpc) is 1.89. The van der Waals surface area contributed by atoms with Gasteiger partial charge in [0, 0.05) is 23.5 Å². The molecule has 0 aromatic carbocycles. The lowest BCUT2D eigenvalue weighted by atomic mass is 10.1. The molecule has 1 aliphatic rings. The fraction of sp³-hybridized carbons (Fsp3) is 1.00. The van der Waals surface area contributed by atoms with E-state index in [4.69, 9.17) is 9.84 Å². The zero-order chi connectivity index (χ0) is 7.45. The van der Waals surface area contributed by atoms with Crippen molar-refractivity contribution in [3.05, 3.63) is 0 Å². The summed E-state index contributed by atoms with van der Waals surface area (Å²) in [6, 6.07) is 0. The number of ether oxygens (including phenoxy) is 1. The van der Waals surface area contributed by atoms with Gasteiger partial charge in [-0.25, -0.2) is 0 Å². The molecule has 1 aliphatic heterocycles. The van der Waals surface area contributed by atoms with Crippen molar-refractivity contribution in [1.29, 1.82) is 0 Å². The smallest absolute Gasteiger partial charge is 0.0507 e. The van der Waals surface area contributed by atoms with E-state index in [-0.39, 0.29) is 11.8 Å². The van der Waals surface area contributed by atoms with Gasteiger partial charge in [-0.15, -0.1) is 0 Å². The predicted octanol–water partition coefficient (Wildman–Crippen LogP) is -0.369. The van der Waals surface area contributed by atoms with Crippen molar-refractivity contribution in [2.45, 2.75) is 30.9 Å². The van der Waals surface area contributed by atoms with Crippen LogP contribution in [0.15, 0.2) is 0 Å². The van der Waals surface area contributed by atoms with Crippen LogP contribution in [0, 0.1) is 0 Å². The third-order valence-corrected chi connectivity index (χ3v) is 3.48. The molecule has 1 saturated heterocycles. The number of aliphatic hydroxyl groups is 1. The van der Waals surface area contributed by atoms with Crippen molar-refractivity contribution in [3.63, 3.8) is 0 Å². The summed E-state index contributed by atoms with van der Waals surface area (Å²) in [5.74, 6) is 0. The van der Waals surface area contributed by atoms with Gasteiger partial charge in [0.15, 0.2) is 0 Å². The van der Waals surface area contributed by atoms with Gasteiger partial charge < -0.3 is 9.84 Å². The highest BCUT2D eigenvalue weighted by molar-refractivity contribution is 6.14. The lowest BCUT2D eigenvalue weighted by Gasteiger charge is -2.33. The molecule has 2 nitrogen and oxygen atoms in total. The van der Waals surface area contributed by atoms with Gasteiger partial charge in [0.25, 0.3) is 0 Å². The first kappa shape index (κ1) is 8.24. The summed E-state index contributed by atoms with van der Waals surface area (Å²) in [5.41, 5.74) is 0. The Morgan fingerprint density at radius 3 is 2.80 bits per heavy atom. The highest BCUT2D eigenvalue weighted by atomic mass is 28.1.